The third-order valence-electron chi connectivity index (χ3n) is 5.08. The zero-order chi connectivity index (χ0) is 18.6. The average Bonchev–Trinajstić information content (AvgIpc) is 2.85. The second-order valence-electron chi connectivity index (χ2n) is 7.57. The van der Waals surface area contributed by atoms with Crippen LogP contribution in [0.5, 0.6) is 0 Å². The summed E-state index contributed by atoms with van der Waals surface area (Å²) in [5.74, 6) is -0.159. The maximum absolute atomic E-state index is 12.4. The molecule has 2 aliphatic rings. The highest BCUT2D eigenvalue weighted by atomic mass is 16.6. The zero-order valence-electron chi connectivity index (χ0n) is 15.2. The molecule has 3 N–H and O–H groups in total. The van der Waals surface area contributed by atoms with E-state index >= 15 is 0 Å². The number of hydrogen-bond donors (Lipinski definition) is 3. The van der Waals surface area contributed by atoms with Crippen LogP contribution in [-0.4, -0.2) is 65.8 Å². The molecule has 0 bridgehead atoms. The molecule has 0 aromatic heterocycles. The maximum atomic E-state index is 12.4. The van der Waals surface area contributed by atoms with Gasteiger partial charge in [0.05, 0.1) is 18.6 Å². The lowest BCUT2D eigenvalue weighted by molar-refractivity contribution is -0.132. The molecule has 0 radical (unpaired) electrons. The minimum absolute atomic E-state index is 0.0298. The summed E-state index contributed by atoms with van der Waals surface area (Å²) >= 11 is 0. The zero-order valence-corrected chi connectivity index (χ0v) is 15.2. The summed E-state index contributed by atoms with van der Waals surface area (Å²) in [6, 6.07) is -0.470. The van der Waals surface area contributed by atoms with E-state index in [-0.39, 0.29) is 43.5 Å². The Kier molecular flexibility index (Phi) is 6.26. The van der Waals surface area contributed by atoms with Gasteiger partial charge in [-0.3, -0.25) is 9.59 Å². The number of cyclic esters (lactones) is 1. The topological polar surface area (TPSA) is 108 Å². The van der Waals surface area contributed by atoms with Gasteiger partial charge in [0, 0.05) is 24.5 Å². The van der Waals surface area contributed by atoms with E-state index in [0.717, 1.165) is 6.42 Å². The van der Waals surface area contributed by atoms with Crippen molar-refractivity contribution in [2.75, 3.05) is 19.7 Å². The van der Waals surface area contributed by atoms with Crippen molar-refractivity contribution in [1.82, 2.24) is 15.5 Å². The molecule has 2 fully saturated rings. The smallest absolute Gasteiger partial charge is 0.407 e. The molecule has 2 saturated heterocycles. The van der Waals surface area contributed by atoms with Crippen LogP contribution < -0.4 is 10.6 Å². The number of ether oxygens (including phenoxy) is 1. The van der Waals surface area contributed by atoms with Crippen molar-refractivity contribution in [1.29, 1.82) is 0 Å². The second kappa shape index (κ2) is 8.03. The number of β-amino-alcohol motifs (C(OH)–C–C–N with tert-alkyl or cyclic N) is 1. The van der Waals surface area contributed by atoms with Crippen LogP contribution in [0.3, 0.4) is 0 Å². The Hall–Kier alpha value is -1.83. The summed E-state index contributed by atoms with van der Waals surface area (Å²) in [5, 5.41) is 15.8. The first-order chi connectivity index (χ1) is 11.7. The summed E-state index contributed by atoms with van der Waals surface area (Å²) in [6.07, 6.45) is 0.720. The van der Waals surface area contributed by atoms with Crippen LogP contribution in [0.1, 0.15) is 46.5 Å². The number of carbonyl (C=O) groups excluding carboxylic acids is 3. The van der Waals surface area contributed by atoms with Gasteiger partial charge in [-0.05, 0) is 19.3 Å². The first-order valence-electron chi connectivity index (χ1n) is 8.91. The third kappa shape index (κ3) is 5.32. The van der Waals surface area contributed by atoms with E-state index in [1.807, 2.05) is 20.8 Å². The molecule has 2 aliphatic heterocycles. The molecular formula is C17H29N3O5. The Balaban J connectivity index is 1.88. The van der Waals surface area contributed by atoms with Gasteiger partial charge in [0.1, 0.15) is 6.61 Å². The average molecular weight is 355 g/mol. The van der Waals surface area contributed by atoms with Gasteiger partial charge in [-0.1, -0.05) is 20.8 Å². The number of amides is 3. The molecule has 8 heteroatoms. The summed E-state index contributed by atoms with van der Waals surface area (Å²) < 4.78 is 4.79. The predicted octanol–water partition coefficient (Wildman–Crippen LogP) is 0.389. The molecular weight excluding hydrogens is 326 g/mol. The highest BCUT2D eigenvalue weighted by Gasteiger charge is 2.32. The largest absolute Gasteiger partial charge is 0.447 e. The van der Waals surface area contributed by atoms with E-state index in [2.05, 4.69) is 10.6 Å². The van der Waals surface area contributed by atoms with E-state index in [4.69, 9.17) is 4.74 Å². The molecule has 0 unspecified atom stereocenters. The summed E-state index contributed by atoms with van der Waals surface area (Å²) in [6.45, 7) is 6.64. The van der Waals surface area contributed by atoms with Gasteiger partial charge in [-0.2, -0.15) is 0 Å². The number of hydrogen-bond acceptors (Lipinski definition) is 5. The van der Waals surface area contributed by atoms with Crippen molar-refractivity contribution in [3.63, 3.8) is 0 Å². The van der Waals surface area contributed by atoms with Crippen molar-refractivity contribution in [3.05, 3.63) is 0 Å². The minimum Gasteiger partial charge on any atom is -0.447 e. The monoisotopic (exact) mass is 355 g/mol. The second-order valence-corrected chi connectivity index (χ2v) is 7.57. The first kappa shape index (κ1) is 19.5. The SMILES string of the molecule is CCC(C)(C)C(=O)N[C@@H]1CCN(C(=O)C[C@H]2COC(=O)N2)C[C@H](O)C1. The molecule has 8 nitrogen and oxygen atoms in total. The molecule has 0 aromatic rings. The Labute approximate surface area is 148 Å². The van der Waals surface area contributed by atoms with Gasteiger partial charge in [0.25, 0.3) is 0 Å². The van der Waals surface area contributed by atoms with Crippen LogP contribution in [0.2, 0.25) is 0 Å². The molecule has 25 heavy (non-hydrogen) atoms. The van der Waals surface area contributed by atoms with Gasteiger partial charge in [0.15, 0.2) is 0 Å². The van der Waals surface area contributed by atoms with Crippen molar-refractivity contribution in [2.24, 2.45) is 5.41 Å². The van der Waals surface area contributed by atoms with Crippen molar-refractivity contribution in [2.45, 2.75) is 64.6 Å². The van der Waals surface area contributed by atoms with E-state index in [0.29, 0.717) is 19.4 Å². The molecule has 0 aliphatic carbocycles. The van der Waals surface area contributed by atoms with E-state index in [1.54, 1.807) is 4.90 Å². The number of nitrogens with one attached hydrogen (secondary N) is 2. The van der Waals surface area contributed by atoms with Crippen LogP contribution in [0.4, 0.5) is 4.79 Å². The molecule has 2 heterocycles. The van der Waals surface area contributed by atoms with Gasteiger partial charge < -0.3 is 25.4 Å². The normalized spacial score (nSPS) is 27.3. The van der Waals surface area contributed by atoms with Crippen LogP contribution in [0.25, 0.3) is 0 Å². The fourth-order valence-electron chi connectivity index (χ4n) is 2.95. The predicted molar refractivity (Wildman–Crippen MR) is 90.7 cm³/mol. The number of carbonyl (C=O) groups is 3. The molecule has 0 aromatic carbocycles. The number of aliphatic hydroxyl groups excluding tert-OH is 1. The van der Waals surface area contributed by atoms with Crippen LogP contribution >= 0.6 is 0 Å². The fourth-order valence-corrected chi connectivity index (χ4v) is 2.95. The molecule has 3 amide bonds. The van der Waals surface area contributed by atoms with Crippen LogP contribution in [0, 0.1) is 5.41 Å². The number of likely N-dealkylation sites (tertiary alicyclic amines) is 1. The Bertz CT molecular complexity index is 522. The molecule has 3 atom stereocenters. The highest BCUT2D eigenvalue weighted by Crippen LogP contribution is 2.21. The van der Waals surface area contributed by atoms with Gasteiger partial charge in [-0.15, -0.1) is 0 Å². The van der Waals surface area contributed by atoms with Crippen molar-refractivity contribution < 1.29 is 24.2 Å². The number of aliphatic hydroxyl groups is 1. The first-order valence-corrected chi connectivity index (χ1v) is 8.91. The highest BCUT2D eigenvalue weighted by molar-refractivity contribution is 5.82. The number of nitrogens with zero attached hydrogens (tertiary/aromatic N) is 1. The number of rotatable bonds is 5. The summed E-state index contributed by atoms with van der Waals surface area (Å²) in [7, 11) is 0. The Morgan fingerprint density at radius 3 is 2.76 bits per heavy atom. The van der Waals surface area contributed by atoms with Crippen molar-refractivity contribution in [3.8, 4) is 0 Å². The molecule has 2 rings (SSSR count). The fraction of sp³-hybridized carbons (Fsp3) is 0.824. The number of alkyl carbamates (subject to hydrolysis) is 1. The Morgan fingerprint density at radius 2 is 2.16 bits per heavy atom. The molecule has 0 saturated carbocycles. The van der Waals surface area contributed by atoms with Gasteiger partial charge in [-0.25, -0.2) is 4.79 Å². The van der Waals surface area contributed by atoms with Crippen LogP contribution in [-0.2, 0) is 14.3 Å². The lowest BCUT2D eigenvalue weighted by Gasteiger charge is -2.26. The Morgan fingerprint density at radius 1 is 1.44 bits per heavy atom. The van der Waals surface area contributed by atoms with E-state index in [1.165, 1.54) is 0 Å². The van der Waals surface area contributed by atoms with Crippen LogP contribution in [0.15, 0.2) is 0 Å². The standard InChI is InChI=1S/C17H29N3O5/c1-4-17(2,3)15(23)18-11-5-6-20(9-13(21)7-11)14(22)8-12-10-25-16(24)19-12/h11-13,21H,4-10H2,1-3H3,(H,18,23)(H,19,24)/t11-,12+,13-/m1/s1. The third-order valence-corrected chi connectivity index (χ3v) is 5.08. The maximum Gasteiger partial charge on any atom is 0.407 e. The summed E-state index contributed by atoms with van der Waals surface area (Å²) in [5.41, 5.74) is -0.451. The lowest BCUT2D eigenvalue weighted by atomic mass is 9.88. The van der Waals surface area contributed by atoms with Crippen molar-refractivity contribution >= 4 is 17.9 Å². The van der Waals surface area contributed by atoms with E-state index < -0.39 is 17.6 Å². The van der Waals surface area contributed by atoms with E-state index in [9.17, 15) is 19.5 Å². The minimum atomic E-state index is -0.684. The summed E-state index contributed by atoms with van der Waals surface area (Å²) in [4.78, 5) is 37.4. The molecule has 142 valence electrons. The molecule has 0 spiro atoms. The van der Waals surface area contributed by atoms with Gasteiger partial charge in [0.2, 0.25) is 11.8 Å². The lowest BCUT2D eigenvalue weighted by Crippen LogP contribution is -2.44. The van der Waals surface area contributed by atoms with Gasteiger partial charge >= 0.3 is 6.09 Å². The quantitative estimate of drug-likeness (QED) is 0.661.